The Morgan fingerprint density at radius 3 is 2.68 bits per heavy atom. The molecule has 1 heterocycles. The number of nitrogens with one attached hydrogen (secondary N) is 2. The minimum Gasteiger partial charge on any atom is -0.489 e. The second-order valence-electron chi connectivity index (χ2n) is 10.8. The summed E-state index contributed by atoms with van der Waals surface area (Å²) < 4.78 is 5.78. The zero-order valence-electron chi connectivity index (χ0n) is 22.8. The number of ether oxygens (including phenoxy) is 1. The predicted molar refractivity (Wildman–Crippen MR) is 151 cm³/mol. The molecule has 0 bridgehead atoms. The van der Waals surface area contributed by atoms with E-state index < -0.39 is 6.10 Å². The van der Waals surface area contributed by atoms with Crippen LogP contribution in [-0.4, -0.2) is 49.6 Å². The van der Waals surface area contributed by atoms with Crippen LogP contribution in [0.4, 0.5) is 0 Å². The summed E-state index contributed by atoms with van der Waals surface area (Å²) in [6.45, 7) is 9.44. The number of carbonyl (C=O) groups excluding carboxylic acids is 2. The lowest BCUT2D eigenvalue weighted by Gasteiger charge is -2.30. The monoisotopic (exact) mass is 548 g/mol. The highest BCUT2D eigenvalue weighted by Crippen LogP contribution is 2.42. The molecule has 1 unspecified atom stereocenters. The van der Waals surface area contributed by atoms with Crippen molar-refractivity contribution in [2.75, 3.05) is 26.7 Å². The maximum absolute atomic E-state index is 13.3. The molecular weight excluding hydrogens is 508 g/mol. The lowest BCUT2D eigenvalue weighted by atomic mass is 9.74. The molecule has 0 fully saturated rings. The molecule has 8 heteroatoms. The minimum atomic E-state index is -0.846. The lowest BCUT2D eigenvalue weighted by molar-refractivity contribution is -0.121. The topological polar surface area (TPSA) is 87.7 Å². The number of rotatable bonds is 13. The number of thiophene rings is 1. The van der Waals surface area contributed by atoms with Crippen molar-refractivity contribution in [1.82, 2.24) is 10.6 Å². The summed E-state index contributed by atoms with van der Waals surface area (Å²) in [5, 5.41) is 16.2. The van der Waals surface area contributed by atoms with E-state index in [2.05, 4.69) is 31.4 Å². The first-order valence-electron chi connectivity index (χ1n) is 13.2. The van der Waals surface area contributed by atoms with Gasteiger partial charge in [0.25, 0.3) is 0 Å². The molecule has 0 aliphatic heterocycles. The van der Waals surface area contributed by atoms with Gasteiger partial charge in [-0.15, -0.1) is 11.3 Å². The molecule has 1 amide bonds. The number of fused-ring (bicyclic) bond motifs is 1. The number of hydrogen-bond donors (Lipinski definition) is 3. The molecule has 0 radical (unpaired) electrons. The Labute approximate surface area is 230 Å². The molecular formula is C29H41ClN2O4S. The predicted octanol–water partition coefficient (Wildman–Crippen LogP) is 5.07. The number of Topliss-reactive ketones (excluding diaryl/α,β-unsaturated/α-hetero) is 1. The fourth-order valence-corrected chi connectivity index (χ4v) is 6.48. The normalized spacial score (nSPS) is 15.2. The summed E-state index contributed by atoms with van der Waals surface area (Å²) in [5.41, 5.74) is 4.85. The Bertz CT molecular complexity index is 1090. The smallest absolute Gasteiger partial charge is 0.221 e. The van der Waals surface area contributed by atoms with Crippen molar-refractivity contribution in [3.05, 3.63) is 49.2 Å². The zero-order valence-corrected chi connectivity index (χ0v) is 24.3. The summed E-state index contributed by atoms with van der Waals surface area (Å²) in [7, 11) is 1.78. The van der Waals surface area contributed by atoms with Crippen LogP contribution in [0, 0.1) is 12.3 Å². The molecule has 37 heavy (non-hydrogen) atoms. The Hall–Kier alpha value is -1.93. The van der Waals surface area contributed by atoms with Gasteiger partial charge in [0.15, 0.2) is 5.78 Å². The molecule has 0 saturated carbocycles. The quantitative estimate of drug-likeness (QED) is 0.304. The van der Waals surface area contributed by atoms with Crippen molar-refractivity contribution in [3.63, 3.8) is 0 Å². The summed E-state index contributed by atoms with van der Waals surface area (Å²) in [5.74, 6) is 0.605. The van der Waals surface area contributed by atoms with Crippen LogP contribution >= 0.6 is 22.9 Å². The molecule has 1 aliphatic carbocycles. The largest absolute Gasteiger partial charge is 0.489 e. The fourth-order valence-electron chi connectivity index (χ4n) is 4.86. The van der Waals surface area contributed by atoms with Crippen LogP contribution in [0.3, 0.4) is 0 Å². The van der Waals surface area contributed by atoms with E-state index in [1.165, 1.54) is 16.0 Å². The first-order chi connectivity index (χ1) is 17.5. The SMILES string of the molecule is CCc1sc(C(=O)CCc2cc(C)c(OCC(O)CNC(=O)CCNC)c(Cl)c2)c2c1CC(C)(C)CC2. The second kappa shape index (κ2) is 13.2. The first kappa shape index (κ1) is 29.6. The van der Waals surface area contributed by atoms with Crippen LogP contribution in [-0.2, 0) is 30.5 Å². The van der Waals surface area contributed by atoms with Crippen LogP contribution in [0.25, 0.3) is 0 Å². The van der Waals surface area contributed by atoms with Gasteiger partial charge in [-0.2, -0.15) is 0 Å². The highest BCUT2D eigenvalue weighted by atomic mass is 35.5. The van der Waals surface area contributed by atoms with Gasteiger partial charge in [-0.05, 0) is 79.8 Å². The summed E-state index contributed by atoms with van der Waals surface area (Å²) in [6, 6.07) is 3.83. The van der Waals surface area contributed by atoms with Gasteiger partial charge in [-0.25, -0.2) is 0 Å². The Kier molecular flexibility index (Phi) is 10.6. The van der Waals surface area contributed by atoms with Crippen LogP contribution in [0.1, 0.15) is 76.8 Å². The second-order valence-corrected chi connectivity index (χ2v) is 12.3. The van der Waals surface area contributed by atoms with Gasteiger partial charge < -0.3 is 20.5 Å². The van der Waals surface area contributed by atoms with E-state index in [0.29, 0.717) is 42.0 Å². The van der Waals surface area contributed by atoms with Crippen molar-refractivity contribution in [2.24, 2.45) is 5.41 Å². The first-order valence-corrected chi connectivity index (χ1v) is 14.4. The minimum absolute atomic E-state index is 0.0186. The Morgan fingerprint density at radius 2 is 2.00 bits per heavy atom. The highest BCUT2D eigenvalue weighted by Gasteiger charge is 2.31. The van der Waals surface area contributed by atoms with Gasteiger partial charge in [0, 0.05) is 30.8 Å². The number of aliphatic hydroxyl groups is 1. The van der Waals surface area contributed by atoms with E-state index >= 15 is 0 Å². The molecule has 6 nitrogen and oxygen atoms in total. The average Bonchev–Trinajstić information content (AvgIpc) is 3.20. The summed E-state index contributed by atoms with van der Waals surface area (Å²) in [4.78, 5) is 27.3. The van der Waals surface area contributed by atoms with Crippen LogP contribution < -0.4 is 15.4 Å². The van der Waals surface area contributed by atoms with E-state index in [1.807, 2.05) is 19.1 Å². The van der Waals surface area contributed by atoms with Crippen molar-refractivity contribution in [3.8, 4) is 5.75 Å². The van der Waals surface area contributed by atoms with E-state index in [9.17, 15) is 14.7 Å². The molecule has 204 valence electrons. The van der Waals surface area contributed by atoms with Crippen molar-refractivity contribution < 1.29 is 19.4 Å². The summed E-state index contributed by atoms with van der Waals surface area (Å²) >= 11 is 8.21. The molecule has 0 spiro atoms. The molecule has 1 aromatic carbocycles. The zero-order chi connectivity index (χ0) is 27.2. The number of amides is 1. The van der Waals surface area contributed by atoms with Gasteiger partial charge in [0.05, 0.1) is 9.90 Å². The molecule has 2 aromatic rings. The standard InChI is InChI=1S/C29H41ClN2O4S/c1-6-25-22-15-29(3,4)11-9-21(22)28(37-25)24(34)8-7-19-13-18(2)27(23(30)14-19)36-17-20(33)16-32-26(35)10-12-31-5/h13-14,20,31,33H,6-12,15-17H2,1-5H3,(H,32,35). The van der Waals surface area contributed by atoms with Gasteiger partial charge in [-0.3, -0.25) is 9.59 Å². The van der Waals surface area contributed by atoms with Crippen LogP contribution in [0.5, 0.6) is 5.75 Å². The summed E-state index contributed by atoms with van der Waals surface area (Å²) in [6.07, 6.45) is 4.71. The highest BCUT2D eigenvalue weighted by molar-refractivity contribution is 7.14. The lowest BCUT2D eigenvalue weighted by Crippen LogP contribution is -2.36. The van der Waals surface area contributed by atoms with Gasteiger partial charge >= 0.3 is 0 Å². The van der Waals surface area contributed by atoms with Gasteiger partial charge in [0.2, 0.25) is 5.91 Å². The Balaban J connectivity index is 1.57. The number of aryl methyl sites for hydroxylation is 3. The van der Waals surface area contributed by atoms with Crippen molar-refractivity contribution >= 4 is 34.6 Å². The van der Waals surface area contributed by atoms with Gasteiger partial charge in [-0.1, -0.05) is 38.4 Å². The number of hydrogen-bond acceptors (Lipinski definition) is 6. The molecule has 0 saturated heterocycles. The average molecular weight is 549 g/mol. The molecule has 3 rings (SSSR count). The molecule has 1 atom stereocenters. The van der Waals surface area contributed by atoms with Gasteiger partial charge in [0.1, 0.15) is 18.5 Å². The molecule has 1 aliphatic rings. The maximum Gasteiger partial charge on any atom is 0.221 e. The van der Waals surface area contributed by atoms with Crippen molar-refractivity contribution in [2.45, 2.75) is 78.7 Å². The maximum atomic E-state index is 13.3. The van der Waals surface area contributed by atoms with E-state index in [0.717, 1.165) is 41.7 Å². The third-order valence-electron chi connectivity index (χ3n) is 6.97. The van der Waals surface area contributed by atoms with Crippen molar-refractivity contribution in [1.29, 1.82) is 0 Å². The van der Waals surface area contributed by atoms with Crippen LogP contribution in [0.15, 0.2) is 12.1 Å². The molecule has 1 aromatic heterocycles. The van der Waals surface area contributed by atoms with Crippen LogP contribution in [0.2, 0.25) is 5.02 Å². The van der Waals surface area contributed by atoms with E-state index in [4.69, 9.17) is 16.3 Å². The number of ketones is 1. The van der Waals surface area contributed by atoms with E-state index in [-0.39, 0.29) is 24.8 Å². The molecule has 3 N–H and O–H groups in total. The third kappa shape index (κ3) is 8.03. The number of carbonyl (C=O) groups is 2. The van der Waals surface area contributed by atoms with E-state index in [1.54, 1.807) is 18.4 Å². The Morgan fingerprint density at radius 1 is 1.24 bits per heavy atom. The number of aliphatic hydroxyl groups excluding tert-OH is 1. The fraction of sp³-hybridized carbons (Fsp3) is 0.586. The third-order valence-corrected chi connectivity index (χ3v) is 8.71. The number of halogens is 1. The number of benzene rings is 1.